The van der Waals surface area contributed by atoms with E-state index in [0.29, 0.717) is 54.7 Å². The van der Waals surface area contributed by atoms with Gasteiger partial charge in [0.1, 0.15) is 0 Å². The number of nitrogens with zero attached hydrogens (tertiary/aromatic N) is 1. The van der Waals surface area contributed by atoms with Crippen molar-refractivity contribution in [2.75, 3.05) is 43.1 Å². The number of hydrogen-bond donors (Lipinski definition) is 2. The van der Waals surface area contributed by atoms with Crippen molar-refractivity contribution in [3.8, 4) is 0 Å². The summed E-state index contributed by atoms with van der Waals surface area (Å²) < 4.78 is 10.8. The summed E-state index contributed by atoms with van der Waals surface area (Å²) >= 11 is 11.2. The van der Waals surface area contributed by atoms with E-state index in [1.807, 2.05) is 13.0 Å². The Bertz CT molecular complexity index is 964. The zero-order chi connectivity index (χ0) is 22.2. The second-order valence-corrected chi connectivity index (χ2v) is 7.73. The van der Waals surface area contributed by atoms with E-state index in [9.17, 15) is 9.59 Å². The van der Waals surface area contributed by atoms with Crippen LogP contribution in [0.4, 0.5) is 11.4 Å². The number of benzene rings is 2. The third kappa shape index (κ3) is 6.40. The third-order valence-corrected chi connectivity index (χ3v) is 5.02. The van der Waals surface area contributed by atoms with Gasteiger partial charge in [0, 0.05) is 29.4 Å². The van der Waals surface area contributed by atoms with Crippen LogP contribution in [0.1, 0.15) is 34.1 Å². The molecule has 2 aromatic carbocycles. The molecule has 31 heavy (non-hydrogen) atoms. The average molecular weight is 462 g/mol. The molecule has 1 amide bonds. The summed E-state index contributed by atoms with van der Waals surface area (Å²) in [4.78, 5) is 27.1. The van der Waals surface area contributed by atoms with Crippen LogP contribution in [0.5, 0.6) is 0 Å². The van der Waals surface area contributed by atoms with E-state index in [4.69, 9.17) is 33.3 Å². The number of ether oxygens (including phenoxy) is 2. The first-order valence-corrected chi connectivity index (χ1v) is 10.8. The molecule has 164 valence electrons. The van der Waals surface area contributed by atoms with Crippen LogP contribution >= 0.6 is 23.8 Å². The first kappa shape index (κ1) is 23.0. The number of halogens is 1. The SMILES string of the molecule is CCCOC(=O)c1cc(NC(=S)NC(=O)c2cccc(Cl)c2)ccc1N1CCOCC1. The molecule has 1 fully saturated rings. The summed E-state index contributed by atoms with van der Waals surface area (Å²) in [6.07, 6.45) is 0.732. The Morgan fingerprint density at radius 1 is 1.19 bits per heavy atom. The fraction of sp³-hybridized carbons (Fsp3) is 0.318. The standard InChI is InChI=1S/C22H24ClN3O4S/c1-2-10-30-21(28)18-14-17(6-7-19(18)26-8-11-29-12-9-26)24-22(31)25-20(27)15-4-3-5-16(23)13-15/h3-7,13-14H,2,8-12H2,1H3,(H2,24,25,27,31). The van der Waals surface area contributed by atoms with Crippen LogP contribution in [0.2, 0.25) is 5.02 Å². The average Bonchev–Trinajstić information content (AvgIpc) is 2.78. The number of thiocarbonyl (C=S) groups is 1. The maximum Gasteiger partial charge on any atom is 0.340 e. The highest BCUT2D eigenvalue weighted by atomic mass is 35.5. The van der Waals surface area contributed by atoms with Crippen molar-refractivity contribution < 1.29 is 19.1 Å². The zero-order valence-electron chi connectivity index (χ0n) is 17.2. The van der Waals surface area contributed by atoms with E-state index in [1.165, 1.54) is 0 Å². The fourth-order valence-corrected chi connectivity index (χ4v) is 3.50. The van der Waals surface area contributed by atoms with Crippen molar-refractivity contribution in [3.05, 3.63) is 58.6 Å². The molecule has 0 aliphatic carbocycles. The van der Waals surface area contributed by atoms with E-state index in [0.717, 1.165) is 12.1 Å². The van der Waals surface area contributed by atoms with Gasteiger partial charge in [-0.15, -0.1) is 0 Å². The lowest BCUT2D eigenvalue weighted by Crippen LogP contribution is -2.37. The molecule has 3 rings (SSSR count). The highest BCUT2D eigenvalue weighted by Crippen LogP contribution is 2.26. The minimum Gasteiger partial charge on any atom is -0.462 e. The molecule has 0 atom stereocenters. The van der Waals surface area contributed by atoms with Crippen molar-refractivity contribution >= 4 is 52.2 Å². The Kier molecular flexibility index (Phi) is 8.22. The van der Waals surface area contributed by atoms with Crippen LogP contribution in [0.25, 0.3) is 0 Å². The van der Waals surface area contributed by atoms with E-state index in [-0.39, 0.29) is 11.0 Å². The number of anilines is 2. The molecule has 0 bridgehead atoms. The Hall–Kier alpha value is -2.68. The minimum atomic E-state index is -0.402. The predicted octanol–water partition coefficient (Wildman–Crippen LogP) is 3.87. The van der Waals surface area contributed by atoms with Gasteiger partial charge in [-0.1, -0.05) is 24.6 Å². The number of amides is 1. The first-order chi connectivity index (χ1) is 15.0. The van der Waals surface area contributed by atoms with Gasteiger partial charge in [-0.25, -0.2) is 4.79 Å². The summed E-state index contributed by atoms with van der Waals surface area (Å²) in [5, 5.41) is 6.13. The molecular formula is C22H24ClN3O4S. The van der Waals surface area contributed by atoms with Gasteiger partial charge in [0.05, 0.1) is 31.1 Å². The molecule has 1 aliphatic rings. The van der Waals surface area contributed by atoms with Crippen LogP contribution in [0.3, 0.4) is 0 Å². The Morgan fingerprint density at radius 3 is 2.68 bits per heavy atom. The van der Waals surface area contributed by atoms with Gasteiger partial charge in [0.2, 0.25) is 0 Å². The van der Waals surface area contributed by atoms with E-state index in [1.54, 1.807) is 36.4 Å². The summed E-state index contributed by atoms with van der Waals surface area (Å²) in [5.74, 6) is -0.784. The monoisotopic (exact) mass is 461 g/mol. The van der Waals surface area contributed by atoms with Crippen molar-refractivity contribution in [2.24, 2.45) is 0 Å². The van der Waals surface area contributed by atoms with Crippen LogP contribution in [-0.2, 0) is 9.47 Å². The molecule has 0 radical (unpaired) electrons. The number of esters is 1. The maximum atomic E-state index is 12.7. The molecule has 0 saturated carbocycles. The number of carbonyl (C=O) groups excluding carboxylic acids is 2. The second-order valence-electron chi connectivity index (χ2n) is 6.89. The lowest BCUT2D eigenvalue weighted by molar-refractivity contribution is 0.0505. The molecule has 0 unspecified atom stereocenters. The molecule has 7 nitrogen and oxygen atoms in total. The largest absolute Gasteiger partial charge is 0.462 e. The molecule has 2 aromatic rings. The highest BCUT2D eigenvalue weighted by molar-refractivity contribution is 7.80. The van der Waals surface area contributed by atoms with Crippen LogP contribution in [0.15, 0.2) is 42.5 Å². The molecule has 1 heterocycles. The van der Waals surface area contributed by atoms with Gasteiger partial charge in [-0.2, -0.15) is 0 Å². The number of hydrogen-bond acceptors (Lipinski definition) is 6. The fourth-order valence-electron chi connectivity index (χ4n) is 3.10. The topological polar surface area (TPSA) is 79.9 Å². The molecule has 1 saturated heterocycles. The van der Waals surface area contributed by atoms with Crippen molar-refractivity contribution in [1.29, 1.82) is 0 Å². The minimum absolute atomic E-state index is 0.108. The molecule has 9 heteroatoms. The summed E-state index contributed by atoms with van der Waals surface area (Å²) in [5.41, 5.74) is 2.17. The van der Waals surface area contributed by atoms with Gasteiger partial charge in [0.25, 0.3) is 5.91 Å². The number of rotatable bonds is 6. The van der Waals surface area contributed by atoms with Crippen molar-refractivity contribution in [2.45, 2.75) is 13.3 Å². The van der Waals surface area contributed by atoms with Crippen LogP contribution in [0, 0.1) is 0 Å². The van der Waals surface area contributed by atoms with Crippen LogP contribution in [-0.4, -0.2) is 49.9 Å². The van der Waals surface area contributed by atoms with Gasteiger partial charge >= 0.3 is 5.97 Å². The predicted molar refractivity (Wildman–Crippen MR) is 125 cm³/mol. The Morgan fingerprint density at radius 2 is 1.97 bits per heavy atom. The van der Waals surface area contributed by atoms with Crippen LogP contribution < -0.4 is 15.5 Å². The molecule has 0 spiro atoms. The Balaban J connectivity index is 1.75. The maximum absolute atomic E-state index is 12.7. The summed E-state index contributed by atoms with van der Waals surface area (Å²) in [6.45, 7) is 4.86. The molecule has 2 N–H and O–H groups in total. The van der Waals surface area contributed by atoms with E-state index >= 15 is 0 Å². The summed E-state index contributed by atoms with van der Waals surface area (Å²) in [6, 6.07) is 11.9. The number of carbonyl (C=O) groups is 2. The van der Waals surface area contributed by atoms with Crippen molar-refractivity contribution in [3.63, 3.8) is 0 Å². The number of nitrogens with one attached hydrogen (secondary N) is 2. The quantitative estimate of drug-likeness (QED) is 0.499. The summed E-state index contributed by atoms with van der Waals surface area (Å²) in [7, 11) is 0. The van der Waals surface area contributed by atoms with Gasteiger partial charge < -0.3 is 19.7 Å². The number of morpholine rings is 1. The van der Waals surface area contributed by atoms with Gasteiger partial charge in [0.15, 0.2) is 5.11 Å². The van der Waals surface area contributed by atoms with Crippen molar-refractivity contribution in [1.82, 2.24) is 5.32 Å². The normalized spacial score (nSPS) is 13.4. The smallest absolute Gasteiger partial charge is 0.340 e. The second kappa shape index (κ2) is 11.1. The molecule has 1 aliphatic heterocycles. The highest BCUT2D eigenvalue weighted by Gasteiger charge is 2.21. The Labute approximate surface area is 191 Å². The van der Waals surface area contributed by atoms with Gasteiger partial charge in [-0.05, 0) is 55.0 Å². The third-order valence-electron chi connectivity index (χ3n) is 4.58. The molecular weight excluding hydrogens is 438 g/mol. The lowest BCUT2D eigenvalue weighted by atomic mass is 10.1. The van der Waals surface area contributed by atoms with Gasteiger partial charge in [-0.3, -0.25) is 10.1 Å². The zero-order valence-corrected chi connectivity index (χ0v) is 18.7. The first-order valence-electron chi connectivity index (χ1n) is 9.99. The van der Waals surface area contributed by atoms with E-state index < -0.39 is 5.97 Å². The van der Waals surface area contributed by atoms with E-state index in [2.05, 4.69) is 15.5 Å². The lowest BCUT2D eigenvalue weighted by Gasteiger charge is -2.30. The molecule has 0 aromatic heterocycles.